The molecule has 0 radical (unpaired) electrons. The van der Waals surface area contributed by atoms with Crippen molar-refractivity contribution in [2.75, 3.05) is 6.54 Å². The van der Waals surface area contributed by atoms with Crippen LogP contribution in [0, 0.1) is 5.92 Å². The van der Waals surface area contributed by atoms with Gasteiger partial charge in [0, 0.05) is 24.9 Å². The predicted octanol–water partition coefficient (Wildman–Crippen LogP) is -0.473. The van der Waals surface area contributed by atoms with Crippen LogP contribution in [0.5, 0.6) is 0 Å². The van der Waals surface area contributed by atoms with Crippen LogP contribution in [0.1, 0.15) is 38.5 Å². The number of Topliss-reactive ketones (excluding diaryl/α,β-unsaturated/α-hetero) is 1. The molecule has 0 bridgehead atoms. The van der Waals surface area contributed by atoms with E-state index in [1.807, 2.05) is 5.32 Å². The highest BCUT2D eigenvalue weighted by Crippen LogP contribution is 2.20. The van der Waals surface area contributed by atoms with Gasteiger partial charge < -0.3 is 26.4 Å². The van der Waals surface area contributed by atoms with Crippen molar-refractivity contribution in [3.63, 3.8) is 0 Å². The summed E-state index contributed by atoms with van der Waals surface area (Å²) in [6, 6.07) is -3.01. The average Bonchev–Trinajstić information content (AvgIpc) is 3.37. The third-order valence-electron chi connectivity index (χ3n) is 4.74. The van der Waals surface area contributed by atoms with Gasteiger partial charge in [-0.2, -0.15) is 0 Å². The molecule has 0 aromatic rings. The Bertz CT molecular complexity index is 670. The highest BCUT2D eigenvalue weighted by atomic mass is 19.3. The van der Waals surface area contributed by atoms with E-state index in [2.05, 4.69) is 16.0 Å². The number of amides is 4. The summed E-state index contributed by atoms with van der Waals surface area (Å²) in [5.41, 5.74) is 0. The highest BCUT2D eigenvalue weighted by Gasteiger charge is 2.37. The minimum atomic E-state index is -2.75. The van der Waals surface area contributed by atoms with Crippen LogP contribution in [0.25, 0.3) is 0 Å². The Morgan fingerprint density at radius 1 is 1.07 bits per heavy atom. The van der Waals surface area contributed by atoms with E-state index in [0.29, 0.717) is 13.0 Å². The Hall–Kier alpha value is -2.79. The highest BCUT2D eigenvalue weighted by molar-refractivity contribution is 6.38. The lowest BCUT2D eigenvalue weighted by Crippen LogP contribution is -2.54. The van der Waals surface area contributed by atoms with Crippen LogP contribution < -0.4 is 21.3 Å². The molecule has 0 aromatic carbocycles. The Balaban J connectivity index is 2.08. The topological polar surface area (TPSA) is 154 Å². The fourth-order valence-corrected chi connectivity index (χ4v) is 3.01. The summed E-state index contributed by atoms with van der Waals surface area (Å²) >= 11 is 0. The summed E-state index contributed by atoms with van der Waals surface area (Å²) in [5, 5.41) is 18.0. The van der Waals surface area contributed by atoms with E-state index in [1.165, 1.54) is 0 Å². The lowest BCUT2D eigenvalue weighted by Gasteiger charge is -2.23. The second kappa shape index (κ2) is 10.1. The quantitative estimate of drug-likeness (QED) is 0.286. The fourth-order valence-electron chi connectivity index (χ4n) is 3.01. The molecule has 1 aliphatic heterocycles. The zero-order chi connectivity index (χ0) is 21.6. The summed E-state index contributed by atoms with van der Waals surface area (Å²) in [5.74, 6) is -3.81. The number of alkyl halides is 2. The van der Waals surface area contributed by atoms with Gasteiger partial charge in [0.25, 0.3) is 5.91 Å². The molecule has 4 amide bonds. The largest absolute Gasteiger partial charge is 0.465 e. The average molecular weight is 418 g/mol. The van der Waals surface area contributed by atoms with Crippen molar-refractivity contribution in [1.29, 1.82) is 0 Å². The fraction of sp³-hybridized carbons (Fsp3) is 0.706. The third kappa shape index (κ3) is 7.27. The van der Waals surface area contributed by atoms with Crippen LogP contribution in [0.2, 0.25) is 0 Å². The molecule has 1 aliphatic carbocycles. The molecule has 1 heterocycles. The van der Waals surface area contributed by atoms with Crippen LogP contribution in [0.4, 0.5) is 13.6 Å². The van der Waals surface area contributed by atoms with Crippen LogP contribution in [0.3, 0.4) is 0 Å². The number of carbonyl (C=O) groups is 5. The van der Waals surface area contributed by atoms with Crippen LogP contribution >= 0.6 is 0 Å². The molecule has 3 atom stereocenters. The Morgan fingerprint density at radius 2 is 1.76 bits per heavy atom. The molecule has 1 saturated carbocycles. The van der Waals surface area contributed by atoms with Gasteiger partial charge in [-0.3, -0.25) is 19.2 Å². The second-order valence-corrected chi connectivity index (χ2v) is 7.16. The number of nitrogens with one attached hydrogen (secondary N) is 4. The van der Waals surface area contributed by atoms with Crippen molar-refractivity contribution >= 4 is 29.6 Å². The molecule has 162 valence electrons. The van der Waals surface area contributed by atoms with Crippen molar-refractivity contribution in [1.82, 2.24) is 21.3 Å². The first-order valence-corrected chi connectivity index (χ1v) is 9.37. The normalized spacial score (nSPS) is 20.5. The second-order valence-electron chi connectivity index (χ2n) is 7.16. The van der Waals surface area contributed by atoms with Crippen LogP contribution in [-0.2, 0) is 19.2 Å². The van der Waals surface area contributed by atoms with Gasteiger partial charge in [0.2, 0.25) is 24.0 Å². The monoisotopic (exact) mass is 418 g/mol. The molecule has 2 aliphatic rings. The van der Waals surface area contributed by atoms with Crippen molar-refractivity contribution in [3.05, 3.63) is 0 Å². The van der Waals surface area contributed by atoms with Gasteiger partial charge in [-0.1, -0.05) is 0 Å². The van der Waals surface area contributed by atoms with Crippen molar-refractivity contribution in [2.24, 2.45) is 5.92 Å². The van der Waals surface area contributed by atoms with E-state index in [4.69, 9.17) is 5.11 Å². The maximum atomic E-state index is 12.5. The molecule has 12 heteroatoms. The number of ketones is 1. The first-order chi connectivity index (χ1) is 13.7. The van der Waals surface area contributed by atoms with Crippen molar-refractivity contribution < 1.29 is 37.9 Å². The van der Waals surface area contributed by atoms with Gasteiger partial charge in [0.15, 0.2) is 0 Å². The summed E-state index contributed by atoms with van der Waals surface area (Å²) in [4.78, 5) is 59.8. The van der Waals surface area contributed by atoms with E-state index < -0.39 is 61.0 Å². The maximum absolute atomic E-state index is 12.5. The Morgan fingerprint density at radius 3 is 2.28 bits per heavy atom. The van der Waals surface area contributed by atoms with E-state index in [9.17, 15) is 32.8 Å². The smallest absolute Gasteiger partial charge is 0.405 e. The summed E-state index contributed by atoms with van der Waals surface area (Å²) in [7, 11) is 0. The predicted molar refractivity (Wildman–Crippen MR) is 94.0 cm³/mol. The molecule has 2 rings (SSSR count). The van der Waals surface area contributed by atoms with Gasteiger partial charge >= 0.3 is 6.09 Å². The molecule has 5 N–H and O–H groups in total. The van der Waals surface area contributed by atoms with E-state index in [-0.39, 0.29) is 18.4 Å². The summed E-state index contributed by atoms with van der Waals surface area (Å²) < 4.78 is 25.0. The van der Waals surface area contributed by atoms with Gasteiger partial charge in [-0.15, -0.1) is 0 Å². The van der Waals surface area contributed by atoms with Crippen LogP contribution in [-0.4, -0.2) is 65.8 Å². The molecule has 1 saturated heterocycles. The third-order valence-corrected chi connectivity index (χ3v) is 4.74. The molecular formula is C17H24F2N4O6. The minimum Gasteiger partial charge on any atom is -0.465 e. The molecule has 10 nitrogen and oxygen atoms in total. The Labute approximate surface area is 165 Å². The number of carbonyl (C=O) groups excluding carboxylic acids is 4. The molecular weight excluding hydrogens is 394 g/mol. The van der Waals surface area contributed by atoms with Crippen molar-refractivity contribution in [2.45, 2.75) is 63.1 Å². The SMILES string of the molecule is O=C(O)N[C@@H](CCC(F)F)C(=O)N[C@@H](C[C@@H]1CCNC1=O)C(=O)C(=O)NC1CC1. The van der Waals surface area contributed by atoms with Gasteiger partial charge in [-0.25, -0.2) is 13.6 Å². The van der Waals surface area contributed by atoms with Gasteiger partial charge in [0.1, 0.15) is 6.04 Å². The Kier molecular flexibility index (Phi) is 7.85. The number of halogens is 2. The van der Waals surface area contributed by atoms with Crippen LogP contribution in [0.15, 0.2) is 0 Å². The summed E-state index contributed by atoms with van der Waals surface area (Å²) in [6.07, 6.45) is -3.83. The molecule has 29 heavy (non-hydrogen) atoms. The molecule has 0 unspecified atom stereocenters. The first kappa shape index (κ1) is 22.5. The van der Waals surface area contributed by atoms with E-state index in [0.717, 1.165) is 12.8 Å². The van der Waals surface area contributed by atoms with Gasteiger partial charge in [0.05, 0.1) is 6.04 Å². The number of rotatable bonds is 11. The summed E-state index contributed by atoms with van der Waals surface area (Å²) in [6.45, 7) is 0.393. The lowest BCUT2D eigenvalue weighted by molar-refractivity contribution is -0.141. The molecule has 2 fully saturated rings. The number of carboxylic acid groups (broad SMARTS) is 1. The number of hydrogen-bond donors (Lipinski definition) is 5. The maximum Gasteiger partial charge on any atom is 0.405 e. The lowest BCUT2D eigenvalue weighted by atomic mass is 9.95. The molecule has 0 aromatic heterocycles. The zero-order valence-electron chi connectivity index (χ0n) is 15.6. The van der Waals surface area contributed by atoms with E-state index >= 15 is 0 Å². The molecule has 0 spiro atoms. The number of hydrogen-bond acceptors (Lipinski definition) is 5. The zero-order valence-corrected chi connectivity index (χ0v) is 15.6. The van der Waals surface area contributed by atoms with Gasteiger partial charge in [-0.05, 0) is 32.1 Å². The minimum absolute atomic E-state index is 0.106. The standard InChI is InChI=1S/C17H24F2N4O6/c18-12(19)4-3-10(23-17(28)29)15(26)22-11(7-8-5-6-20-14(8)25)13(24)16(27)21-9-1-2-9/h8-12,23H,1-7H2,(H,20,25)(H,21,27)(H,22,26)(H,28,29)/t8-,10-,11-/m0/s1. The van der Waals surface area contributed by atoms with Crippen molar-refractivity contribution in [3.8, 4) is 0 Å². The van der Waals surface area contributed by atoms with E-state index in [1.54, 1.807) is 0 Å². The first-order valence-electron chi connectivity index (χ1n) is 9.37.